The number of hydrogen-bond acceptors (Lipinski definition) is 7. The number of carbonyl (C=O) groups excluding carboxylic acids is 2. The molecular weight excluding hydrogens is 364 g/mol. The Morgan fingerprint density at radius 1 is 1.15 bits per heavy atom. The van der Waals surface area contributed by atoms with E-state index in [1.807, 2.05) is 36.9 Å². The quantitative estimate of drug-likeness (QED) is 0.815. The zero-order valence-corrected chi connectivity index (χ0v) is 16.4. The van der Waals surface area contributed by atoms with Gasteiger partial charge in [0.2, 0.25) is 16.9 Å². The predicted molar refractivity (Wildman–Crippen MR) is 105 cm³/mol. The summed E-state index contributed by atoms with van der Waals surface area (Å²) in [6.45, 7) is 6.84. The molecule has 1 aliphatic rings. The number of rotatable bonds is 6. The van der Waals surface area contributed by atoms with Crippen molar-refractivity contribution in [1.82, 2.24) is 20.1 Å². The number of nitrogens with zero attached hydrogens (tertiary/aromatic N) is 5. The maximum absolute atomic E-state index is 12.4. The average Bonchev–Trinajstić information content (AvgIpc) is 3.16. The fourth-order valence-electron chi connectivity index (χ4n) is 2.80. The van der Waals surface area contributed by atoms with E-state index in [2.05, 4.69) is 25.4 Å². The van der Waals surface area contributed by atoms with Gasteiger partial charge in [0.1, 0.15) is 10.8 Å². The number of pyridine rings is 1. The Kier molecular flexibility index (Phi) is 6.33. The van der Waals surface area contributed by atoms with Gasteiger partial charge in [-0.2, -0.15) is 0 Å². The van der Waals surface area contributed by atoms with Crippen molar-refractivity contribution in [2.45, 2.75) is 32.6 Å². The van der Waals surface area contributed by atoms with Gasteiger partial charge in [0.25, 0.3) is 0 Å². The third-order valence-corrected chi connectivity index (χ3v) is 5.49. The van der Waals surface area contributed by atoms with Gasteiger partial charge >= 0.3 is 0 Å². The second-order valence-corrected chi connectivity index (χ2v) is 7.71. The molecule has 0 aliphatic carbocycles. The molecule has 1 N–H and O–H groups in total. The van der Waals surface area contributed by atoms with Crippen LogP contribution in [0.25, 0.3) is 0 Å². The first-order valence-corrected chi connectivity index (χ1v) is 9.91. The molecule has 1 aliphatic heterocycles. The summed E-state index contributed by atoms with van der Waals surface area (Å²) in [7, 11) is 0. The Labute approximate surface area is 162 Å². The van der Waals surface area contributed by atoms with Crippen LogP contribution in [0.4, 0.5) is 10.9 Å². The topological polar surface area (TPSA) is 91.3 Å². The summed E-state index contributed by atoms with van der Waals surface area (Å²) in [6.07, 6.45) is 2.12. The summed E-state index contributed by atoms with van der Waals surface area (Å²) < 4.78 is 0. The summed E-state index contributed by atoms with van der Waals surface area (Å²) in [4.78, 5) is 32.8. The van der Waals surface area contributed by atoms with Crippen molar-refractivity contribution >= 4 is 34.1 Å². The Morgan fingerprint density at radius 2 is 1.93 bits per heavy atom. The molecule has 0 spiro atoms. The number of aromatic nitrogens is 3. The SMILES string of the molecule is CC(C)c1nnc(NC(=O)CCC(=O)N2CCN(c3ccccn3)CC2)s1. The zero-order valence-electron chi connectivity index (χ0n) is 15.6. The average molecular weight is 388 g/mol. The molecule has 3 rings (SSSR count). The first-order chi connectivity index (χ1) is 13.0. The lowest BCUT2D eigenvalue weighted by atomic mass is 10.2. The van der Waals surface area contributed by atoms with Gasteiger partial charge in [-0.15, -0.1) is 10.2 Å². The van der Waals surface area contributed by atoms with Crippen LogP contribution in [0.3, 0.4) is 0 Å². The van der Waals surface area contributed by atoms with Gasteiger partial charge in [-0.3, -0.25) is 9.59 Å². The molecule has 0 unspecified atom stereocenters. The Hall–Kier alpha value is -2.55. The monoisotopic (exact) mass is 388 g/mol. The van der Waals surface area contributed by atoms with E-state index in [9.17, 15) is 9.59 Å². The van der Waals surface area contributed by atoms with E-state index in [4.69, 9.17) is 0 Å². The van der Waals surface area contributed by atoms with E-state index in [-0.39, 0.29) is 30.6 Å². The van der Waals surface area contributed by atoms with E-state index in [0.717, 1.165) is 23.9 Å². The van der Waals surface area contributed by atoms with Gasteiger partial charge in [-0.25, -0.2) is 4.98 Å². The lowest BCUT2D eigenvalue weighted by molar-refractivity contribution is -0.133. The van der Waals surface area contributed by atoms with Crippen molar-refractivity contribution in [3.63, 3.8) is 0 Å². The molecule has 144 valence electrons. The Balaban J connectivity index is 1.41. The van der Waals surface area contributed by atoms with Crippen molar-refractivity contribution in [3.05, 3.63) is 29.4 Å². The van der Waals surface area contributed by atoms with Crippen molar-refractivity contribution in [1.29, 1.82) is 0 Å². The van der Waals surface area contributed by atoms with Crippen LogP contribution in [0.2, 0.25) is 0 Å². The number of amides is 2. The maximum Gasteiger partial charge on any atom is 0.226 e. The van der Waals surface area contributed by atoms with Crippen LogP contribution in [-0.2, 0) is 9.59 Å². The standard InChI is InChI=1S/C18H24N6O2S/c1-13(2)17-21-22-18(27-17)20-15(25)6-7-16(26)24-11-9-23(10-12-24)14-5-3-4-8-19-14/h3-5,8,13H,6-7,9-12H2,1-2H3,(H,20,22,25). The summed E-state index contributed by atoms with van der Waals surface area (Å²) >= 11 is 1.37. The molecular formula is C18H24N6O2S. The van der Waals surface area contributed by atoms with Crippen LogP contribution in [0, 0.1) is 0 Å². The van der Waals surface area contributed by atoms with Gasteiger partial charge in [-0.05, 0) is 12.1 Å². The molecule has 0 atom stereocenters. The molecule has 3 heterocycles. The summed E-state index contributed by atoms with van der Waals surface area (Å²) in [6, 6.07) is 5.82. The van der Waals surface area contributed by atoms with Crippen LogP contribution in [0.5, 0.6) is 0 Å². The normalized spacial score (nSPS) is 14.5. The van der Waals surface area contributed by atoms with Gasteiger partial charge in [0.05, 0.1) is 0 Å². The second kappa shape index (κ2) is 8.90. The third kappa shape index (κ3) is 5.22. The van der Waals surface area contributed by atoms with Crippen molar-refractivity contribution in [3.8, 4) is 0 Å². The second-order valence-electron chi connectivity index (χ2n) is 6.70. The van der Waals surface area contributed by atoms with Crippen LogP contribution in [-0.4, -0.2) is 58.1 Å². The molecule has 0 bridgehead atoms. The molecule has 2 aromatic heterocycles. The summed E-state index contributed by atoms with van der Waals surface area (Å²) in [5.41, 5.74) is 0. The number of nitrogens with one attached hydrogen (secondary N) is 1. The van der Waals surface area contributed by atoms with Gasteiger partial charge in [0.15, 0.2) is 0 Å². The molecule has 27 heavy (non-hydrogen) atoms. The molecule has 2 amide bonds. The lowest BCUT2D eigenvalue weighted by Gasteiger charge is -2.35. The molecule has 0 saturated carbocycles. The lowest BCUT2D eigenvalue weighted by Crippen LogP contribution is -2.49. The summed E-state index contributed by atoms with van der Waals surface area (Å²) in [5.74, 6) is 1.01. The number of hydrogen-bond donors (Lipinski definition) is 1. The van der Waals surface area contributed by atoms with Crippen LogP contribution in [0.15, 0.2) is 24.4 Å². The maximum atomic E-state index is 12.4. The Bertz CT molecular complexity index is 771. The van der Waals surface area contributed by atoms with E-state index >= 15 is 0 Å². The van der Waals surface area contributed by atoms with Gasteiger partial charge in [0, 0.05) is 51.1 Å². The molecule has 0 aromatic carbocycles. The number of piperazine rings is 1. The van der Waals surface area contributed by atoms with E-state index in [0.29, 0.717) is 18.2 Å². The molecule has 1 fully saturated rings. The molecule has 9 heteroatoms. The molecule has 8 nitrogen and oxygen atoms in total. The largest absolute Gasteiger partial charge is 0.353 e. The van der Waals surface area contributed by atoms with Crippen molar-refractivity contribution in [2.75, 3.05) is 36.4 Å². The fraction of sp³-hybridized carbons (Fsp3) is 0.500. The van der Waals surface area contributed by atoms with E-state index in [1.165, 1.54) is 11.3 Å². The van der Waals surface area contributed by atoms with Crippen LogP contribution in [0.1, 0.15) is 37.6 Å². The smallest absolute Gasteiger partial charge is 0.226 e. The van der Waals surface area contributed by atoms with E-state index < -0.39 is 0 Å². The fourth-order valence-corrected chi connectivity index (χ4v) is 3.57. The molecule has 1 saturated heterocycles. The first-order valence-electron chi connectivity index (χ1n) is 9.10. The number of carbonyl (C=O) groups is 2. The Morgan fingerprint density at radius 3 is 2.56 bits per heavy atom. The predicted octanol–water partition coefficient (Wildman–Crippen LogP) is 2.12. The van der Waals surface area contributed by atoms with Crippen molar-refractivity contribution in [2.24, 2.45) is 0 Å². The first kappa shape index (κ1) is 19.2. The van der Waals surface area contributed by atoms with Gasteiger partial charge < -0.3 is 15.1 Å². The van der Waals surface area contributed by atoms with Crippen molar-refractivity contribution < 1.29 is 9.59 Å². The minimum Gasteiger partial charge on any atom is -0.353 e. The highest BCUT2D eigenvalue weighted by Gasteiger charge is 2.22. The summed E-state index contributed by atoms with van der Waals surface area (Å²) in [5, 5.41) is 12.1. The minimum atomic E-state index is -0.207. The van der Waals surface area contributed by atoms with Crippen LogP contribution >= 0.6 is 11.3 Å². The molecule has 2 aromatic rings. The highest BCUT2D eigenvalue weighted by Crippen LogP contribution is 2.22. The number of anilines is 2. The highest BCUT2D eigenvalue weighted by atomic mass is 32.1. The highest BCUT2D eigenvalue weighted by molar-refractivity contribution is 7.15. The molecule has 0 radical (unpaired) electrons. The van der Waals surface area contributed by atoms with Crippen LogP contribution < -0.4 is 10.2 Å². The third-order valence-electron chi connectivity index (χ3n) is 4.35. The zero-order chi connectivity index (χ0) is 19.2. The van der Waals surface area contributed by atoms with Gasteiger partial charge in [-0.1, -0.05) is 31.3 Å². The minimum absolute atomic E-state index is 0.00551. The van der Waals surface area contributed by atoms with E-state index in [1.54, 1.807) is 6.20 Å².